The van der Waals surface area contributed by atoms with Gasteiger partial charge in [-0.25, -0.2) is 4.98 Å². The predicted octanol–water partition coefficient (Wildman–Crippen LogP) is 3.01. The number of nitrogens with zero attached hydrogens (tertiary/aromatic N) is 4. The fourth-order valence-corrected chi connectivity index (χ4v) is 4.27. The van der Waals surface area contributed by atoms with Crippen LogP contribution in [0.25, 0.3) is 0 Å². The van der Waals surface area contributed by atoms with Gasteiger partial charge >= 0.3 is 0 Å². The zero-order valence-corrected chi connectivity index (χ0v) is 17.7. The molecule has 0 bridgehead atoms. The van der Waals surface area contributed by atoms with Gasteiger partial charge in [0.2, 0.25) is 5.91 Å². The minimum Gasteiger partial charge on any atom is -0.370 e. The van der Waals surface area contributed by atoms with Gasteiger partial charge < -0.3 is 9.64 Å². The highest BCUT2D eigenvalue weighted by Crippen LogP contribution is 2.15. The number of carbonyl (C=O) groups excluding carboxylic acids is 1. The summed E-state index contributed by atoms with van der Waals surface area (Å²) in [6, 6.07) is 14.2. The number of benzene rings is 1. The van der Waals surface area contributed by atoms with Gasteiger partial charge in [0.15, 0.2) is 0 Å². The molecule has 3 heterocycles. The van der Waals surface area contributed by atoms with Gasteiger partial charge in [-0.3, -0.25) is 14.7 Å². The number of pyridine rings is 1. The van der Waals surface area contributed by atoms with Crippen LogP contribution in [0.4, 0.5) is 0 Å². The Balaban J connectivity index is 1.43. The molecule has 1 amide bonds. The second-order valence-corrected chi connectivity index (χ2v) is 8.44. The smallest absolute Gasteiger partial charge is 0.236 e. The quantitative estimate of drug-likeness (QED) is 0.559. The Morgan fingerprint density at radius 3 is 2.63 bits per heavy atom. The van der Waals surface area contributed by atoms with E-state index in [9.17, 15) is 4.79 Å². The number of carbonyl (C=O) groups is 1. The van der Waals surface area contributed by atoms with Gasteiger partial charge in [-0.15, -0.1) is 11.3 Å². The third kappa shape index (κ3) is 5.95. The van der Waals surface area contributed by atoms with Gasteiger partial charge in [-0.1, -0.05) is 30.3 Å². The van der Waals surface area contributed by atoms with Crippen molar-refractivity contribution in [3.63, 3.8) is 0 Å². The first kappa shape index (κ1) is 20.7. The van der Waals surface area contributed by atoms with E-state index in [4.69, 9.17) is 4.74 Å². The van der Waals surface area contributed by atoms with E-state index in [1.165, 1.54) is 5.56 Å². The Labute approximate surface area is 181 Å². The lowest BCUT2D eigenvalue weighted by Crippen LogP contribution is -2.39. The lowest BCUT2D eigenvalue weighted by molar-refractivity contribution is -0.131. The van der Waals surface area contributed by atoms with E-state index in [-0.39, 0.29) is 12.0 Å². The van der Waals surface area contributed by atoms with Crippen molar-refractivity contribution in [2.24, 2.45) is 0 Å². The third-order valence-electron chi connectivity index (χ3n) is 5.19. The van der Waals surface area contributed by atoms with Crippen molar-refractivity contribution < 1.29 is 9.53 Å². The minimum absolute atomic E-state index is 0.0552. The Morgan fingerprint density at radius 1 is 1.03 bits per heavy atom. The molecule has 1 atom stereocenters. The molecule has 6 nitrogen and oxygen atoms in total. The summed E-state index contributed by atoms with van der Waals surface area (Å²) in [7, 11) is 0. The van der Waals surface area contributed by atoms with Crippen LogP contribution in [0, 0.1) is 0 Å². The van der Waals surface area contributed by atoms with Crippen LogP contribution in [-0.4, -0.2) is 58.0 Å². The molecule has 1 fully saturated rings. The number of ether oxygens (including phenoxy) is 1. The summed E-state index contributed by atoms with van der Waals surface area (Å²) in [6.07, 6.45) is 6.15. The van der Waals surface area contributed by atoms with Gasteiger partial charge in [-0.2, -0.15) is 0 Å². The molecule has 156 valence electrons. The largest absolute Gasteiger partial charge is 0.370 e. The molecule has 1 aliphatic heterocycles. The summed E-state index contributed by atoms with van der Waals surface area (Å²) in [6.45, 7) is 3.58. The topological polar surface area (TPSA) is 58.6 Å². The van der Waals surface area contributed by atoms with Crippen molar-refractivity contribution in [1.82, 2.24) is 19.8 Å². The molecule has 1 aliphatic rings. The molecule has 2 aromatic heterocycles. The van der Waals surface area contributed by atoms with Gasteiger partial charge in [-0.05, 0) is 29.7 Å². The first-order valence-electron chi connectivity index (χ1n) is 10.2. The first-order valence-corrected chi connectivity index (χ1v) is 11.1. The fourth-order valence-electron chi connectivity index (χ4n) is 3.62. The van der Waals surface area contributed by atoms with Crippen LogP contribution >= 0.6 is 11.3 Å². The maximum absolute atomic E-state index is 13.0. The molecule has 0 saturated carbocycles. The number of rotatable bonds is 8. The van der Waals surface area contributed by atoms with Crippen LogP contribution in [0.5, 0.6) is 0 Å². The Hall–Kier alpha value is -2.61. The molecular weight excluding hydrogens is 396 g/mol. The van der Waals surface area contributed by atoms with Crippen molar-refractivity contribution in [3.8, 4) is 0 Å². The Bertz CT molecular complexity index is 905. The molecule has 0 N–H and O–H groups in total. The van der Waals surface area contributed by atoms with E-state index < -0.39 is 0 Å². The van der Waals surface area contributed by atoms with Gasteiger partial charge in [0, 0.05) is 43.6 Å². The highest BCUT2D eigenvalue weighted by Gasteiger charge is 2.28. The van der Waals surface area contributed by atoms with Crippen molar-refractivity contribution >= 4 is 17.2 Å². The van der Waals surface area contributed by atoms with Crippen LogP contribution in [0.2, 0.25) is 0 Å². The number of hydrogen-bond acceptors (Lipinski definition) is 6. The lowest BCUT2D eigenvalue weighted by atomic mass is 10.1. The first-order chi connectivity index (χ1) is 14.8. The molecular formula is C23H26N4O2S. The van der Waals surface area contributed by atoms with Gasteiger partial charge in [0.1, 0.15) is 5.01 Å². The summed E-state index contributed by atoms with van der Waals surface area (Å²) >= 11 is 1.62. The lowest BCUT2D eigenvalue weighted by Gasteiger charge is -2.25. The van der Waals surface area contributed by atoms with Crippen molar-refractivity contribution in [2.45, 2.75) is 25.7 Å². The average Bonchev–Trinajstić information content (AvgIpc) is 3.23. The van der Waals surface area contributed by atoms with Crippen molar-refractivity contribution in [3.05, 3.63) is 82.6 Å². The SMILES string of the molecule is O=C1CN(Cc2nccs2)CC(OCc2ccncc2)CN1CCc1ccccc1. The highest BCUT2D eigenvalue weighted by molar-refractivity contribution is 7.09. The maximum atomic E-state index is 13.0. The fraction of sp³-hybridized carbons (Fsp3) is 0.348. The predicted molar refractivity (Wildman–Crippen MR) is 117 cm³/mol. The number of aromatic nitrogens is 2. The number of amides is 1. The van der Waals surface area contributed by atoms with Crippen LogP contribution in [0.3, 0.4) is 0 Å². The molecule has 1 saturated heterocycles. The Morgan fingerprint density at radius 2 is 1.87 bits per heavy atom. The van der Waals surface area contributed by atoms with E-state index in [2.05, 4.69) is 27.0 Å². The van der Waals surface area contributed by atoms with Gasteiger partial charge in [0.25, 0.3) is 0 Å². The summed E-state index contributed by atoms with van der Waals surface area (Å²) < 4.78 is 6.25. The second kappa shape index (κ2) is 10.4. The van der Waals surface area contributed by atoms with E-state index in [1.807, 2.05) is 46.8 Å². The zero-order valence-electron chi connectivity index (χ0n) is 16.9. The van der Waals surface area contributed by atoms with Crippen molar-refractivity contribution in [1.29, 1.82) is 0 Å². The van der Waals surface area contributed by atoms with E-state index in [1.54, 1.807) is 23.7 Å². The second-order valence-electron chi connectivity index (χ2n) is 7.46. The van der Waals surface area contributed by atoms with E-state index in [0.717, 1.165) is 17.0 Å². The molecule has 1 unspecified atom stereocenters. The zero-order chi connectivity index (χ0) is 20.6. The third-order valence-corrected chi connectivity index (χ3v) is 5.95. The molecule has 0 radical (unpaired) electrons. The monoisotopic (exact) mass is 422 g/mol. The molecule has 30 heavy (non-hydrogen) atoms. The van der Waals surface area contributed by atoms with Crippen LogP contribution < -0.4 is 0 Å². The minimum atomic E-state index is -0.0552. The standard InChI is InChI=1S/C23H26N4O2S/c28-23-17-26(16-22-25-11-13-30-22)14-21(29-18-20-6-9-24-10-7-20)15-27(23)12-8-19-4-2-1-3-5-19/h1-7,9-11,13,21H,8,12,14-18H2. The number of thiazole rings is 1. The average molecular weight is 423 g/mol. The summed E-state index contributed by atoms with van der Waals surface area (Å²) in [4.78, 5) is 25.5. The van der Waals surface area contributed by atoms with Crippen molar-refractivity contribution in [2.75, 3.05) is 26.2 Å². The summed E-state index contributed by atoms with van der Waals surface area (Å²) in [5.41, 5.74) is 2.33. The molecule has 3 aromatic rings. The Kier molecular flexibility index (Phi) is 7.18. The molecule has 7 heteroatoms. The molecule has 4 rings (SSSR count). The highest BCUT2D eigenvalue weighted by atomic mass is 32.1. The summed E-state index contributed by atoms with van der Waals surface area (Å²) in [5.74, 6) is 0.150. The summed E-state index contributed by atoms with van der Waals surface area (Å²) in [5, 5.41) is 2.99. The van der Waals surface area contributed by atoms with E-state index in [0.29, 0.717) is 39.3 Å². The maximum Gasteiger partial charge on any atom is 0.236 e. The van der Waals surface area contributed by atoms with Crippen LogP contribution in [0.1, 0.15) is 16.1 Å². The van der Waals surface area contributed by atoms with Gasteiger partial charge in [0.05, 0.1) is 25.8 Å². The normalized spacial score (nSPS) is 17.8. The van der Waals surface area contributed by atoms with Crippen LogP contribution in [0.15, 0.2) is 66.4 Å². The molecule has 0 aliphatic carbocycles. The molecule has 0 spiro atoms. The number of hydrogen-bond donors (Lipinski definition) is 0. The van der Waals surface area contributed by atoms with Crippen LogP contribution in [-0.2, 0) is 29.1 Å². The van der Waals surface area contributed by atoms with E-state index >= 15 is 0 Å². The molecule has 1 aromatic carbocycles.